The van der Waals surface area contributed by atoms with E-state index in [4.69, 9.17) is 19.2 Å². The molecule has 0 radical (unpaired) electrons. The molecule has 0 aliphatic carbocycles. The molecule has 0 aromatic rings. The third kappa shape index (κ3) is 1.25. The molecule has 0 unspecified atom stereocenters. The van der Waals surface area contributed by atoms with E-state index in [9.17, 15) is 0 Å². The van der Waals surface area contributed by atoms with Crippen molar-refractivity contribution in [2.45, 2.75) is 38.3 Å². The van der Waals surface area contributed by atoms with E-state index in [1.165, 1.54) is 0 Å². The summed E-state index contributed by atoms with van der Waals surface area (Å²) in [6.07, 6.45) is -0.0127. The van der Waals surface area contributed by atoms with Gasteiger partial charge < -0.3 is 9.47 Å². The highest BCUT2D eigenvalue weighted by molar-refractivity contribution is 4.93. The van der Waals surface area contributed by atoms with Crippen molar-refractivity contribution >= 4 is 0 Å². The van der Waals surface area contributed by atoms with Gasteiger partial charge in [-0.25, -0.2) is 9.78 Å². The van der Waals surface area contributed by atoms with E-state index in [1.807, 2.05) is 20.8 Å². The Labute approximate surface area is 71.7 Å². The van der Waals surface area contributed by atoms with Crippen molar-refractivity contribution in [2.75, 3.05) is 13.2 Å². The molecule has 70 valence electrons. The summed E-state index contributed by atoms with van der Waals surface area (Å²) in [7, 11) is 0. The predicted octanol–water partition coefficient (Wildman–Crippen LogP) is 0.858. The first-order chi connectivity index (χ1) is 5.52. The third-order valence-corrected chi connectivity index (χ3v) is 2.23. The number of ether oxygens (including phenoxy) is 2. The van der Waals surface area contributed by atoms with Crippen LogP contribution in [0, 0.1) is 0 Å². The van der Waals surface area contributed by atoms with Gasteiger partial charge in [0.1, 0.15) is 24.9 Å². The highest BCUT2D eigenvalue weighted by Crippen LogP contribution is 2.38. The molecule has 2 saturated heterocycles. The maximum atomic E-state index is 5.71. The maximum absolute atomic E-state index is 5.71. The molecule has 0 N–H and O–H groups in total. The zero-order chi connectivity index (χ0) is 8.82. The minimum Gasteiger partial charge on any atom is -0.342 e. The minimum atomic E-state index is -0.517. The lowest BCUT2D eigenvalue weighted by molar-refractivity contribution is -0.354. The van der Waals surface area contributed by atoms with Crippen LogP contribution in [-0.2, 0) is 19.2 Å². The van der Waals surface area contributed by atoms with Gasteiger partial charge in [-0.05, 0) is 20.8 Å². The second kappa shape index (κ2) is 2.42. The molecule has 2 rings (SSSR count). The number of rotatable bonds is 0. The minimum absolute atomic E-state index is 0.0127. The average Bonchev–Trinajstić information content (AvgIpc) is 2.16. The molecule has 12 heavy (non-hydrogen) atoms. The molecule has 0 aromatic carbocycles. The van der Waals surface area contributed by atoms with Crippen LogP contribution in [0.2, 0.25) is 0 Å². The normalized spacial score (nSPS) is 45.8. The lowest BCUT2D eigenvalue weighted by atomic mass is 10.0. The van der Waals surface area contributed by atoms with E-state index in [2.05, 4.69) is 0 Å². The first-order valence-corrected chi connectivity index (χ1v) is 4.14. The van der Waals surface area contributed by atoms with Crippen molar-refractivity contribution in [3.63, 3.8) is 0 Å². The fourth-order valence-electron chi connectivity index (χ4n) is 1.72. The van der Waals surface area contributed by atoms with Crippen molar-refractivity contribution in [3.05, 3.63) is 0 Å². The Morgan fingerprint density at radius 2 is 1.92 bits per heavy atom. The molecular formula is C8H14O4. The van der Waals surface area contributed by atoms with Crippen molar-refractivity contribution in [3.8, 4) is 0 Å². The second-order valence-corrected chi connectivity index (χ2v) is 3.97. The summed E-state index contributed by atoms with van der Waals surface area (Å²) in [4.78, 5) is 9.71. The van der Waals surface area contributed by atoms with E-state index in [-0.39, 0.29) is 11.7 Å². The summed E-state index contributed by atoms with van der Waals surface area (Å²) in [6.45, 7) is 6.66. The fourth-order valence-corrected chi connectivity index (χ4v) is 1.72. The van der Waals surface area contributed by atoms with Crippen LogP contribution >= 0.6 is 0 Å². The molecule has 2 atom stereocenters. The zero-order valence-electron chi connectivity index (χ0n) is 7.62. The lowest BCUT2D eigenvalue weighted by Crippen LogP contribution is -2.47. The lowest BCUT2D eigenvalue weighted by Gasteiger charge is -2.31. The largest absolute Gasteiger partial charge is 0.342 e. The van der Waals surface area contributed by atoms with Crippen LogP contribution < -0.4 is 0 Å². The van der Waals surface area contributed by atoms with Crippen LogP contribution in [0.3, 0.4) is 0 Å². The number of hydrogen-bond donors (Lipinski definition) is 0. The van der Waals surface area contributed by atoms with Crippen molar-refractivity contribution in [1.29, 1.82) is 0 Å². The summed E-state index contributed by atoms with van der Waals surface area (Å²) in [5.74, 6) is -0.517. The summed E-state index contributed by atoms with van der Waals surface area (Å²) < 4.78 is 11.3. The molecule has 4 nitrogen and oxygen atoms in total. The van der Waals surface area contributed by atoms with Gasteiger partial charge in [0.25, 0.3) is 0 Å². The molecular weight excluding hydrogens is 160 g/mol. The van der Waals surface area contributed by atoms with Gasteiger partial charge in [0.05, 0.1) is 0 Å². The zero-order valence-corrected chi connectivity index (χ0v) is 7.62. The van der Waals surface area contributed by atoms with Crippen molar-refractivity contribution in [1.82, 2.24) is 0 Å². The highest BCUT2D eigenvalue weighted by Gasteiger charge is 2.52. The Morgan fingerprint density at radius 3 is 2.58 bits per heavy atom. The van der Waals surface area contributed by atoms with E-state index < -0.39 is 5.79 Å². The summed E-state index contributed by atoms with van der Waals surface area (Å²) in [6, 6.07) is 0. The summed E-state index contributed by atoms with van der Waals surface area (Å²) >= 11 is 0. The SMILES string of the molecule is CC1(C)O[C@@H]2COOC[C@]2(C)O1. The Morgan fingerprint density at radius 1 is 1.17 bits per heavy atom. The first-order valence-electron chi connectivity index (χ1n) is 4.14. The van der Waals surface area contributed by atoms with Gasteiger partial charge in [0, 0.05) is 0 Å². The van der Waals surface area contributed by atoms with Crippen LogP contribution in [-0.4, -0.2) is 30.7 Å². The van der Waals surface area contributed by atoms with E-state index in [0.717, 1.165) is 0 Å². The topological polar surface area (TPSA) is 36.9 Å². The first kappa shape index (κ1) is 8.44. The molecule has 4 heteroatoms. The number of fused-ring (bicyclic) bond motifs is 1. The molecule has 2 heterocycles. The predicted molar refractivity (Wildman–Crippen MR) is 40.3 cm³/mol. The van der Waals surface area contributed by atoms with Gasteiger partial charge in [0.2, 0.25) is 0 Å². The Bertz CT molecular complexity index is 191. The van der Waals surface area contributed by atoms with E-state index in [1.54, 1.807) is 0 Å². The van der Waals surface area contributed by atoms with E-state index >= 15 is 0 Å². The second-order valence-electron chi connectivity index (χ2n) is 3.97. The monoisotopic (exact) mass is 174 g/mol. The summed E-state index contributed by atoms with van der Waals surface area (Å²) in [5, 5.41) is 0. The van der Waals surface area contributed by atoms with Gasteiger partial charge >= 0.3 is 0 Å². The Hall–Kier alpha value is -0.160. The smallest absolute Gasteiger partial charge is 0.164 e. The molecule has 0 bridgehead atoms. The van der Waals surface area contributed by atoms with Crippen molar-refractivity contribution < 1.29 is 19.2 Å². The van der Waals surface area contributed by atoms with E-state index in [0.29, 0.717) is 13.2 Å². The molecule has 2 fully saturated rings. The van der Waals surface area contributed by atoms with Crippen LogP contribution in [0.4, 0.5) is 0 Å². The Balaban J connectivity index is 2.16. The van der Waals surface area contributed by atoms with Crippen LogP contribution in [0.5, 0.6) is 0 Å². The van der Waals surface area contributed by atoms with Crippen molar-refractivity contribution in [2.24, 2.45) is 0 Å². The van der Waals surface area contributed by atoms with Crippen LogP contribution in [0.25, 0.3) is 0 Å². The molecule has 0 spiro atoms. The summed E-state index contributed by atoms with van der Waals surface area (Å²) in [5.41, 5.74) is -0.345. The van der Waals surface area contributed by atoms with Crippen LogP contribution in [0.15, 0.2) is 0 Å². The molecule has 2 aliphatic rings. The molecule has 0 saturated carbocycles. The van der Waals surface area contributed by atoms with Gasteiger partial charge in [-0.3, -0.25) is 0 Å². The van der Waals surface area contributed by atoms with Gasteiger partial charge in [0.15, 0.2) is 5.79 Å². The molecule has 0 amide bonds. The maximum Gasteiger partial charge on any atom is 0.164 e. The number of hydrogen-bond acceptors (Lipinski definition) is 4. The molecule has 2 aliphatic heterocycles. The highest BCUT2D eigenvalue weighted by atomic mass is 17.2. The standard InChI is InChI=1S/C8H14O4/c1-7(2)11-6-4-9-10-5-8(6,3)12-7/h6H,4-5H2,1-3H3/t6-,8+/m1/s1. The third-order valence-electron chi connectivity index (χ3n) is 2.23. The molecule has 0 aromatic heterocycles. The Kier molecular flexibility index (Phi) is 1.70. The van der Waals surface area contributed by atoms with Crippen LogP contribution in [0.1, 0.15) is 20.8 Å². The van der Waals surface area contributed by atoms with Gasteiger partial charge in [-0.1, -0.05) is 0 Å². The average molecular weight is 174 g/mol. The van der Waals surface area contributed by atoms with Gasteiger partial charge in [-0.2, -0.15) is 0 Å². The quantitative estimate of drug-likeness (QED) is 0.510. The van der Waals surface area contributed by atoms with Gasteiger partial charge in [-0.15, -0.1) is 0 Å². The fraction of sp³-hybridized carbons (Fsp3) is 1.00.